The smallest absolute Gasteiger partial charge is 0.125 e. The number of benzene rings is 2. The van der Waals surface area contributed by atoms with E-state index in [0.717, 1.165) is 24.1 Å². The molecule has 0 aliphatic carbocycles. The minimum absolute atomic E-state index is 0.303. The van der Waals surface area contributed by atoms with Gasteiger partial charge < -0.3 is 5.32 Å². The van der Waals surface area contributed by atoms with E-state index < -0.39 is 5.82 Å². The number of hydrogen-bond acceptors (Lipinski definition) is 2. The third-order valence-corrected chi connectivity index (χ3v) is 3.39. The summed E-state index contributed by atoms with van der Waals surface area (Å²) in [6, 6.07) is 11.9. The van der Waals surface area contributed by atoms with E-state index in [0.29, 0.717) is 22.7 Å². The van der Waals surface area contributed by atoms with Crippen LogP contribution in [0, 0.1) is 17.1 Å². The van der Waals surface area contributed by atoms with E-state index in [1.54, 1.807) is 12.1 Å². The minimum atomic E-state index is -0.420. The topological polar surface area (TPSA) is 35.8 Å². The van der Waals surface area contributed by atoms with E-state index in [4.69, 9.17) is 16.9 Å². The number of nitrogens with one attached hydrogen (secondary N) is 1. The van der Waals surface area contributed by atoms with Crippen LogP contribution in [0.15, 0.2) is 36.4 Å². The average Bonchev–Trinajstić information content (AvgIpc) is 2.48. The Hall–Kier alpha value is -1.89. The molecule has 2 aromatic carbocycles. The number of halogens is 2. The van der Waals surface area contributed by atoms with Gasteiger partial charge >= 0.3 is 0 Å². The van der Waals surface area contributed by atoms with Crippen molar-refractivity contribution in [1.29, 1.82) is 5.26 Å². The first-order valence-electron chi connectivity index (χ1n) is 6.84. The van der Waals surface area contributed by atoms with Gasteiger partial charge in [0.2, 0.25) is 0 Å². The van der Waals surface area contributed by atoms with Crippen molar-refractivity contribution in [2.24, 2.45) is 0 Å². The number of rotatable bonds is 5. The van der Waals surface area contributed by atoms with Crippen molar-refractivity contribution in [2.45, 2.75) is 19.9 Å². The predicted octanol–water partition coefficient (Wildman–Crippen LogP) is 4.52. The first-order valence-corrected chi connectivity index (χ1v) is 7.22. The minimum Gasteiger partial charge on any atom is -0.313 e. The summed E-state index contributed by atoms with van der Waals surface area (Å²) < 4.78 is 13.6. The van der Waals surface area contributed by atoms with E-state index in [2.05, 4.69) is 12.2 Å². The van der Waals surface area contributed by atoms with Crippen LogP contribution in [-0.4, -0.2) is 6.54 Å². The van der Waals surface area contributed by atoms with Crippen LogP contribution in [0.25, 0.3) is 11.1 Å². The molecule has 0 fully saturated rings. The molecule has 0 heterocycles. The van der Waals surface area contributed by atoms with Crippen molar-refractivity contribution < 1.29 is 4.39 Å². The molecule has 1 N–H and O–H groups in total. The van der Waals surface area contributed by atoms with Gasteiger partial charge in [-0.3, -0.25) is 0 Å². The molecule has 0 radical (unpaired) electrons. The molecule has 0 unspecified atom stereocenters. The molecular formula is C17H16ClFN2. The Labute approximate surface area is 129 Å². The molecule has 0 saturated carbocycles. The summed E-state index contributed by atoms with van der Waals surface area (Å²) in [5, 5.41) is 12.9. The molecule has 4 heteroatoms. The Morgan fingerprint density at radius 2 is 2.05 bits per heavy atom. The second-order valence-corrected chi connectivity index (χ2v) is 5.26. The molecule has 21 heavy (non-hydrogen) atoms. The lowest BCUT2D eigenvalue weighted by molar-refractivity contribution is 0.628. The molecule has 2 aromatic rings. The summed E-state index contributed by atoms with van der Waals surface area (Å²) >= 11 is 6.06. The molecule has 0 amide bonds. The van der Waals surface area contributed by atoms with Crippen LogP contribution in [-0.2, 0) is 6.54 Å². The fourth-order valence-corrected chi connectivity index (χ4v) is 2.35. The molecule has 0 aliphatic heterocycles. The average molecular weight is 303 g/mol. The zero-order valence-corrected chi connectivity index (χ0v) is 12.5. The molecule has 0 atom stereocenters. The predicted molar refractivity (Wildman–Crippen MR) is 83.6 cm³/mol. The van der Waals surface area contributed by atoms with Crippen LogP contribution in [0.4, 0.5) is 4.39 Å². The summed E-state index contributed by atoms with van der Waals surface area (Å²) in [7, 11) is 0. The molecule has 108 valence electrons. The van der Waals surface area contributed by atoms with E-state index >= 15 is 0 Å². The lowest BCUT2D eigenvalue weighted by atomic mass is 9.98. The zero-order chi connectivity index (χ0) is 15.2. The number of hydrogen-bond donors (Lipinski definition) is 1. The fourth-order valence-electron chi connectivity index (χ4n) is 2.18. The van der Waals surface area contributed by atoms with Crippen LogP contribution in [0.5, 0.6) is 0 Å². The zero-order valence-electron chi connectivity index (χ0n) is 11.8. The molecule has 2 nitrogen and oxygen atoms in total. The van der Waals surface area contributed by atoms with E-state index in [1.165, 1.54) is 12.1 Å². The van der Waals surface area contributed by atoms with Crippen molar-refractivity contribution in [3.8, 4) is 17.2 Å². The molecule has 0 aliphatic rings. The quantitative estimate of drug-likeness (QED) is 0.824. The maximum absolute atomic E-state index is 13.6. The standard InChI is InChI=1S/C17H16ClFN2/c1-2-5-21-11-13-3-4-15(18)9-17(13)14-6-12(10-20)7-16(19)8-14/h3-4,6-9,21H,2,5,11H2,1H3. The lowest BCUT2D eigenvalue weighted by Crippen LogP contribution is -2.14. The SMILES string of the molecule is CCCNCc1ccc(Cl)cc1-c1cc(F)cc(C#N)c1. The van der Waals surface area contributed by atoms with Gasteiger partial charge in [0, 0.05) is 11.6 Å². The third-order valence-electron chi connectivity index (χ3n) is 3.15. The van der Waals surface area contributed by atoms with Crippen molar-refractivity contribution in [1.82, 2.24) is 5.32 Å². The Bertz CT molecular complexity index is 677. The fraction of sp³-hybridized carbons (Fsp3) is 0.235. The van der Waals surface area contributed by atoms with Crippen LogP contribution in [0.2, 0.25) is 5.02 Å². The summed E-state index contributed by atoms with van der Waals surface area (Å²) in [6.07, 6.45) is 1.04. The van der Waals surface area contributed by atoms with Gasteiger partial charge in [0.05, 0.1) is 11.6 Å². The summed E-state index contributed by atoms with van der Waals surface area (Å²) in [5.41, 5.74) is 2.85. The Morgan fingerprint density at radius 1 is 1.24 bits per heavy atom. The molecule has 0 bridgehead atoms. The van der Waals surface area contributed by atoms with Gasteiger partial charge in [-0.05, 0) is 60.0 Å². The third kappa shape index (κ3) is 4.04. The molecular weight excluding hydrogens is 287 g/mol. The van der Waals surface area contributed by atoms with E-state index in [1.807, 2.05) is 18.2 Å². The summed E-state index contributed by atoms with van der Waals surface area (Å²) in [5.74, 6) is -0.420. The largest absolute Gasteiger partial charge is 0.313 e. The lowest BCUT2D eigenvalue weighted by Gasteiger charge is -2.12. The van der Waals surface area contributed by atoms with Gasteiger partial charge in [-0.2, -0.15) is 5.26 Å². The van der Waals surface area contributed by atoms with Crippen LogP contribution < -0.4 is 5.32 Å². The monoisotopic (exact) mass is 302 g/mol. The molecule has 2 rings (SSSR count). The van der Waals surface area contributed by atoms with Gasteiger partial charge in [0.25, 0.3) is 0 Å². The normalized spacial score (nSPS) is 10.4. The van der Waals surface area contributed by atoms with Crippen LogP contribution in [0.3, 0.4) is 0 Å². The maximum atomic E-state index is 13.6. The van der Waals surface area contributed by atoms with E-state index in [9.17, 15) is 4.39 Å². The Balaban J connectivity index is 2.44. The molecule has 0 saturated heterocycles. The van der Waals surface area contributed by atoms with Gasteiger partial charge in [0.15, 0.2) is 0 Å². The maximum Gasteiger partial charge on any atom is 0.125 e. The number of nitrogens with zero attached hydrogens (tertiary/aromatic N) is 1. The van der Waals surface area contributed by atoms with Gasteiger partial charge in [-0.1, -0.05) is 24.6 Å². The van der Waals surface area contributed by atoms with Crippen molar-refractivity contribution in [2.75, 3.05) is 6.54 Å². The molecule has 0 aromatic heterocycles. The first kappa shape index (κ1) is 15.5. The first-order chi connectivity index (χ1) is 10.1. The molecule has 0 spiro atoms. The highest BCUT2D eigenvalue weighted by Gasteiger charge is 2.09. The van der Waals surface area contributed by atoms with Crippen molar-refractivity contribution >= 4 is 11.6 Å². The second kappa shape index (κ2) is 7.21. The Morgan fingerprint density at radius 3 is 2.76 bits per heavy atom. The summed E-state index contributed by atoms with van der Waals surface area (Å²) in [4.78, 5) is 0. The van der Waals surface area contributed by atoms with Gasteiger partial charge in [-0.15, -0.1) is 0 Å². The summed E-state index contributed by atoms with van der Waals surface area (Å²) in [6.45, 7) is 3.69. The number of nitriles is 1. The van der Waals surface area contributed by atoms with Crippen molar-refractivity contribution in [3.63, 3.8) is 0 Å². The van der Waals surface area contributed by atoms with Crippen LogP contribution in [0.1, 0.15) is 24.5 Å². The van der Waals surface area contributed by atoms with Crippen LogP contribution >= 0.6 is 11.6 Å². The van der Waals surface area contributed by atoms with Crippen molar-refractivity contribution in [3.05, 3.63) is 58.4 Å². The highest BCUT2D eigenvalue weighted by atomic mass is 35.5. The highest BCUT2D eigenvalue weighted by molar-refractivity contribution is 6.30. The second-order valence-electron chi connectivity index (χ2n) is 4.82. The highest BCUT2D eigenvalue weighted by Crippen LogP contribution is 2.28. The van der Waals surface area contributed by atoms with Gasteiger partial charge in [0.1, 0.15) is 5.82 Å². The van der Waals surface area contributed by atoms with Gasteiger partial charge in [-0.25, -0.2) is 4.39 Å². The Kier molecular flexibility index (Phi) is 5.32. The van der Waals surface area contributed by atoms with E-state index in [-0.39, 0.29) is 0 Å².